The number of pyridine rings is 1. The Morgan fingerprint density at radius 1 is 1.22 bits per heavy atom. The van der Waals surface area contributed by atoms with Crippen molar-refractivity contribution in [3.63, 3.8) is 0 Å². The first kappa shape index (κ1) is 24.2. The molecule has 0 saturated carbocycles. The van der Waals surface area contributed by atoms with Gasteiger partial charge in [0.1, 0.15) is 17.6 Å². The zero-order chi connectivity index (χ0) is 25.4. The smallest absolute Gasteiger partial charge is 0.338 e. The molecule has 0 bridgehead atoms. The molecule has 0 amide bonds. The number of allylic oxidation sites excluding steroid dienone is 1. The molecule has 0 radical (unpaired) electrons. The molecule has 36 heavy (non-hydrogen) atoms. The van der Waals surface area contributed by atoms with E-state index in [2.05, 4.69) is 9.98 Å². The topological polar surface area (TPSA) is 86.7 Å². The SMILES string of the molecule is CCOC(=O)C1=C(C)N=c2s/c(=C\c3cccnc3)c(=O)n2[C@@H]1c1ccc(-c2ccc(Cl)c(Cl)c2)o1. The van der Waals surface area contributed by atoms with E-state index in [0.29, 0.717) is 42.2 Å². The first-order valence-corrected chi connectivity index (χ1v) is 12.6. The number of carbonyl (C=O) groups is 1. The summed E-state index contributed by atoms with van der Waals surface area (Å²) in [4.78, 5) is 35.8. The highest BCUT2D eigenvalue weighted by Gasteiger charge is 2.35. The van der Waals surface area contributed by atoms with Crippen molar-refractivity contribution in [3.8, 4) is 11.3 Å². The van der Waals surface area contributed by atoms with E-state index < -0.39 is 12.0 Å². The van der Waals surface area contributed by atoms with Gasteiger partial charge in [0.2, 0.25) is 0 Å². The quantitative estimate of drug-likeness (QED) is 0.341. The van der Waals surface area contributed by atoms with Gasteiger partial charge in [-0.2, -0.15) is 0 Å². The van der Waals surface area contributed by atoms with Crippen LogP contribution >= 0.6 is 34.5 Å². The Morgan fingerprint density at radius 2 is 2.06 bits per heavy atom. The average Bonchev–Trinajstić information content (AvgIpc) is 3.46. The van der Waals surface area contributed by atoms with E-state index in [1.807, 2.05) is 6.07 Å². The summed E-state index contributed by atoms with van der Waals surface area (Å²) in [6.07, 6.45) is 5.08. The fraction of sp³-hybridized carbons (Fsp3) is 0.154. The lowest BCUT2D eigenvalue weighted by Crippen LogP contribution is -2.39. The molecular weight excluding hydrogens is 521 g/mol. The lowest BCUT2D eigenvalue weighted by atomic mass is 10.0. The third-order valence-corrected chi connectivity index (χ3v) is 7.32. The van der Waals surface area contributed by atoms with Gasteiger partial charge in [0.25, 0.3) is 5.56 Å². The molecule has 3 aromatic heterocycles. The molecular formula is C26H19Cl2N3O4S. The van der Waals surface area contributed by atoms with Crippen molar-refractivity contribution in [3.05, 3.63) is 107 Å². The number of nitrogens with zero attached hydrogens (tertiary/aromatic N) is 3. The van der Waals surface area contributed by atoms with E-state index in [-0.39, 0.29) is 17.7 Å². The first-order valence-electron chi connectivity index (χ1n) is 11.0. The number of aromatic nitrogens is 2. The number of hydrogen-bond acceptors (Lipinski definition) is 7. The van der Waals surface area contributed by atoms with E-state index in [4.69, 9.17) is 32.4 Å². The standard InChI is InChI=1S/C26H19Cl2N3O4S/c1-3-34-25(33)22-14(2)30-26-31(24(32)21(36-26)11-15-5-4-10-29-13-15)23(22)20-9-8-19(35-20)16-6-7-17(27)18(28)12-16/h4-13,23H,3H2,1-2H3/b21-11-/t23-/m1/s1. The van der Waals surface area contributed by atoms with E-state index in [1.165, 1.54) is 15.9 Å². The third kappa shape index (κ3) is 4.43. The van der Waals surface area contributed by atoms with Crippen molar-refractivity contribution in [1.82, 2.24) is 9.55 Å². The molecule has 1 aliphatic heterocycles. The fourth-order valence-electron chi connectivity index (χ4n) is 3.98. The maximum absolute atomic E-state index is 13.6. The lowest BCUT2D eigenvalue weighted by Gasteiger charge is -2.22. The number of thiazole rings is 1. The number of benzene rings is 1. The molecule has 7 nitrogen and oxygen atoms in total. The zero-order valence-corrected chi connectivity index (χ0v) is 21.5. The number of carbonyl (C=O) groups excluding carboxylic acids is 1. The Hall–Kier alpha value is -3.46. The Labute approximate surface area is 219 Å². The summed E-state index contributed by atoms with van der Waals surface area (Å²) in [5, 5.41) is 0.814. The predicted molar refractivity (Wildman–Crippen MR) is 139 cm³/mol. The second kappa shape index (κ2) is 9.89. The highest BCUT2D eigenvalue weighted by molar-refractivity contribution is 7.07. The molecule has 1 aromatic carbocycles. The maximum Gasteiger partial charge on any atom is 0.338 e. The molecule has 1 aliphatic rings. The molecule has 1 atom stereocenters. The molecule has 10 heteroatoms. The molecule has 0 fully saturated rings. The monoisotopic (exact) mass is 539 g/mol. The van der Waals surface area contributed by atoms with Crippen molar-refractivity contribution in [2.45, 2.75) is 19.9 Å². The van der Waals surface area contributed by atoms with Crippen LogP contribution in [0, 0.1) is 0 Å². The molecule has 0 spiro atoms. The largest absolute Gasteiger partial charge is 0.463 e. The van der Waals surface area contributed by atoms with Crippen LogP contribution in [0.4, 0.5) is 0 Å². The maximum atomic E-state index is 13.6. The molecule has 5 rings (SSSR count). The van der Waals surface area contributed by atoms with Crippen LogP contribution in [0.1, 0.15) is 31.2 Å². The average molecular weight is 540 g/mol. The minimum Gasteiger partial charge on any atom is -0.463 e. The van der Waals surface area contributed by atoms with Gasteiger partial charge in [0.15, 0.2) is 4.80 Å². The van der Waals surface area contributed by atoms with Crippen molar-refractivity contribution in [2.75, 3.05) is 6.61 Å². The highest BCUT2D eigenvalue weighted by Crippen LogP contribution is 2.35. The molecule has 4 heterocycles. The summed E-state index contributed by atoms with van der Waals surface area (Å²) in [5.74, 6) is 0.346. The van der Waals surface area contributed by atoms with E-state index >= 15 is 0 Å². The summed E-state index contributed by atoms with van der Waals surface area (Å²) in [7, 11) is 0. The van der Waals surface area contributed by atoms with Gasteiger partial charge < -0.3 is 9.15 Å². The van der Waals surface area contributed by atoms with Crippen LogP contribution in [0.25, 0.3) is 17.4 Å². The van der Waals surface area contributed by atoms with Gasteiger partial charge >= 0.3 is 5.97 Å². The second-order valence-corrected chi connectivity index (χ2v) is 9.74. The van der Waals surface area contributed by atoms with Crippen LogP contribution in [-0.4, -0.2) is 22.1 Å². The second-order valence-electron chi connectivity index (χ2n) is 7.92. The fourth-order valence-corrected chi connectivity index (χ4v) is 5.32. The Morgan fingerprint density at radius 3 is 2.78 bits per heavy atom. The Balaban J connectivity index is 1.69. The molecule has 182 valence electrons. The summed E-state index contributed by atoms with van der Waals surface area (Å²) in [6.45, 7) is 3.63. The van der Waals surface area contributed by atoms with E-state index in [9.17, 15) is 9.59 Å². The van der Waals surface area contributed by atoms with E-state index in [0.717, 1.165) is 5.56 Å². The third-order valence-electron chi connectivity index (χ3n) is 5.60. The highest BCUT2D eigenvalue weighted by atomic mass is 35.5. The van der Waals surface area contributed by atoms with Crippen molar-refractivity contribution in [2.24, 2.45) is 4.99 Å². The van der Waals surface area contributed by atoms with Gasteiger partial charge in [-0.3, -0.25) is 14.3 Å². The summed E-state index contributed by atoms with van der Waals surface area (Å²) < 4.78 is 13.4. The number of rotatable bonds is 5. The minimum absolute atomic E-state index is 0.181. The molecule has 4 aromatic rings. The number of hydrogen-bond donors (Lipinski definition) is 0. The first-order chi connectivity index (χ1) is 17.4. The van der Waals surface area contributed by atoms with Gasteiger partial charge in [0, 0.05) is 18.0 Å². The summed E-state index contributed by atoms with van der Waals surface area (Å²) >= 11 is 13.5. The number of furan rings is 1. The van der Waals surface area contributed by atoms with Gasteiger partial charge in [0.05, 0.1) is 32.5 Å². The van der Waals surface area contributed by atoms with Crippen LogP contribution in [0.5, 0.6) is 0 Å². The van der Waals surface area contributed by atoms with Gasteiger partial charge in [-0.05, 0) is 61.9 Å². The van der Waals surface area contributed by atoms with Crippen LogP contribution in [-0.2, 0) is 9.53 Å². The molecule has 0 N–H and O–H groups in total. The van der Waals surface area contributed by atoms with E-state index in [1.54, 1.807) is 68.7 Å². The lowest BCUT2D eigenvalue weighted by molar-refractivity contribution is -0.139. The van der Waals surface area contributed by atoms with Crippen LogP contribution in [0.2, 0.25) is 10.0 Å². The van der Waals surface area contributed by atoms with Gasteiger partial charge in [-0.1, -0.05) is 40.6 Å². The molecule has 0 saturated heterocycles. The Bertz CT molecular complexity index is 1690. The number of ether oxygens (including phenoxy) is 1. The van der Waals surface area contributed by atoms with Crippen LogP contribution in [0.15, 0.2) is 80.3 Å². The minimum atomic E-state index is -0.854. The number of halogens is 2. The zero-order valence-electron chi connectivity index (χ0n) is 19.2. The predicted octanol–water partition coefficient (Wildman–Crippen LogP) is 4.76. The molecule has 0 unspecified atom stereocenters. The van der Waals surface area contributed by atoms with Crippen molar-refractivity contribution < 1.29 is 13.9 Å². The Kier molecular flexibility index (Phi) is 6.66. The van der Waals surface area contributed by atoms with Crippen molar-refractivity contribution >= 4 is 46.6 Å². The van der Waals surface area contributed by atoms with Crippen LogP contribution < -0.4 is 14.9 Å². The number of fused-ring (bicyclic) bond motifs is 1. The summed E-state index contributed by atoms with van der Waals surface area (Å²) in [6, 6.07) is 11.4. The summed E-state index contributed by atoms with van der Waals surface area (Å²) in [5.41, 5.74) is 1.89. The van der Waals surface area contributed by atoms with Crippen LogP contribution in [0.3, 0.4) is 0 Å². The number of esters is 1. The van der Waals surface area contributed by atoms with Gasteiger partial charge in [-0.25, -0.2) is 9.79 Å². The van der Waals surface area contributed by atoms with Crippen molar-refractivity contribution in [1.29, 1.82) is 0 Å². The molecule has 0 aliphatic carbocycles. The normalized spacial score (nSPS) is 15.6. The van der Waals surface area contributed by atoms with Gasteiger partial charge in [-0.15, -0.1) is 0 Å².